The Kier molecular flexibility index (Phi) is 4.94. The van der Waals surface area contributed by atoms with Gasteiger partial charge in [-0.2, -0.15) is 55.1 Å². The number of rotatable bonds is 2. The molecule has 0 aliphatic heterocycles. The molecule has 135 valence electrons. The van der Waals surface area contributed by atoms with Crippen LogP contribution in [0.4, 0.5) is 0 Å². The minimum Gasteiger partial charge on any atom is -0.226 e. The van der Waals surface area contributed by atoms with E-state index in [2.05, 4.69) is 83.2 Å². The van der Waals surface area contributed by atoms with Gasteiger partial charge < -0.3 is 0 Å². The normalized spacial score (nSPS) is 11.1. The van der Waals surface area contributed by atoms with Gasteiger partial charge in [0.25, 0.3) is 5.82 Å². The first kappa shape index (κ1) is 19.0. The van der Waals surface area contributed by atoms with Crippen molar-refractivity contribution in [2.24, 2.45) is 7.05 Å². The van der Waals surface area contributed by atoms with E-state index < -0.39 is 0 Å². The maximum Gasteiger partial charge on any atom is 0.335 e. The summed E-state index contributed by atoms with van der Waals surface area (Å²) < 4.78 is 6.49. The van der Waals surface area contributed by atoms with Crippen LogP contribution < -0.4 is 4.68 Å². The number of para-hydroxylation sites is 2. The van der Waals surface area contributed by atoms with Crippen LogP contribution in [0.2, 0.25) is 0 Å². The molecule has 4 nitrogen and oxygen atoms in total. The summed E-state index contributed by atoms with van der Waals surface area (Å²) in [5.41, 5.74) is 6.37. The van der Waals surface area contributed by atoms with Crippen molar-refractivity contribution in [3.8, 4) is 16.8 Å². The fraction of sp³-hybridized carbons (Fsp3) is 0.130. The molecule has 0 atom stereocenters. The van der Waals surface area contributed by atoms with Gasteiger partial charge in [0.1, 0.15) is 12.6 Å². The van der Waals surface area contributed by atoms with Crippen LogP contribution >= 0.6 is 0 Å². The fourth-order valence-electron chi connectivity index (χ4n) is 3.71. The Morgan fingerprint density at radius 2 is 1.71 bits per heavy atom. The number of imidazole rings is 1. The van der Waals surface area contributed by atoms with Gasteiger partial charge in [-0.25, -0.2) is 11.1 Å². The smallest absolute Gasteiger partial charge is 0.226 e. The van der Waals surface area contributed by atoms with Gasteiger partial charge in [-0.05, 0) is 12.1 Å². The Morgan fingerprint density at radius 1 is 0.929 bits per heavy atom. The first-order chi connectivity index (χ1) is 13.1. The fourth-order valence-corrected chi connectivity index (χ4v) is 3.71. The van der Waals surface area contributed by atoms with Crippen molar-refractivity contribution in [1.82, 2.24) is 14.1 Å². The van der Waals surface area contributed by atoms with Crippen molar-refractivity contribution < 1.29 is 37.4 Å². The van der Waals surface area contributed by atoms with Crippen molar-refractivity contribution in [1.29, 1.82) is 0 Å². The van der Waals surface area contributed by atoms with Crippen molar-refractivity contribution in [3.05, 3.63) is 84.2 Å². The third-order valence-electron chi connectivity index (χ3n) is 5.17. The van der Waals surface area contributed by atoms with E-state index in [4.69, 9.17) is 4.98 Å². The van der Waals surface area contributed by atoms with Crippen LogP contribution in [0.25, 0.3) is 33.6 Å². The minimum atomic E-state index is 0. The molecule has 0 aliphatic carbocycles. The molecule has 1 radical (unpaired) electrons. The Morgan fingerprint density at radius 3 is 2.46 bits per heavy atom. The Bertz CT molecular complexity index is 1300. The summed E-state index contributed by atoms with van der Waals surface area (Å²) in [4.78, 5) is 4.88. The molecule has 0 saturated carbocycles. The Hall–Kier alpha value is -2.30. The third kappa shape index (κ3) is 2.83. The summed E-state index contributed by atoms with van der Waals surface area (Å²) in [7, 11) is 2.07. The monoisotopic (exact) mass is 440 g/mol. The van der Waals surface area contributed by atoms with Crippen molar-refractivity contribution >= 4 is 16.8 Å². The predicted molar refractivity (Wildman–Crippen MR) is 106 cm³/mol. The molecule has 0 spiro atoms. The van der Waals surface area contributed by atoms with Crippen molar-refractivity contribution in [2.45, 2.75) is 13.8 Å². The van der Waals surface area contributed by atoms with Crippen molar-refractivity contribution in [3.63, 3.8) is 0 Å². The van der Waals surface area contributed by atoms with E-state index in [1.54, 1.807) is 0 Å². The molecule has 0 unspecified atom stereocenters. The van der Waals surface area contributed by atoms with Gasteiger partial charge in [0.15, 0.2) is 5.52 Å². The average Bonchev–Trinajstić information content (AvgIpc) is 3.18. The molecule has 0 bridgehead atoms. The average molecular weight is 440 g/mol. The van der Waals surface area contributed by atoms with Crippen LogP contribution in [0.15, 0.2) is 60.7 Å². The summed E-state index contributed by atoms with van der Waals surface area (Å²) in [6.07, 6.45) is 0. The second kappa shape index (κ2) is 7.27. The molecule has 28 heavy (non-hydrogen) atoms. The first-order valence-corrected chi connectivity index (χ1v) is 9.00. The molecule has 0 fully saturated rings. The molecule has 0 saturated heterocycles. The quantitative estimate of drug-likeness (QED) is 0.301. The second-order valence-electron chi connectivity index (χ2n) is 6.78. The van der Waals surface area contributed by atoms with E-state index in [0.29, 0.717) is 0 Å². The number of nitrogens with zero attached hydrogens (tertiary/aromatic N) is 4. The van der Waals surface area contributed by atoms with Gasteiger partial charge in [0, 0.05) is 45.3 Å². The number of aryl methyl sites for hydroxylation is 2. The van der Waals surface area contributed by atoms with E-state index in [9.17, 15) is 0 Å². The molecule has 0 amide bonds. The van der Waals surface area contributed by atoms with Crippen LogP contribution in [0.5, 0.6) is 0 Å². The number of fused-ring (bicyclic) bond motifs is 3. The van der Waals surface area contributed by atoms with Crippen molar-refractivity contribution in [2.75, 3.05) is 0 Å². The molecule has 2 aromatic heterocycles. The number of hydrogen-bond acceptors (Lipinski definition) is 1. The number of benzene rings is 3. The predicted octanol–water partition coefficient (Wildman–Crippen LogP) is 3.98. The first-order valence-electron chi connectivity index (χ1n) is 9.00. The molecular weight excluding hydrogens is 421 g/mol. The van der Waals surface area contributed by atoms with Crippen LogP contribution in [0.1, 0.15) is 11.4 Å². The SMILES string of the molecule is Cc1[c-]c(-c2[c-]cccc2)ccc1-n1c2nc3ccccc3n2c(C)[n+]1C.[Y]. The summed E-state index contributed by atoms with van der Waals surface area (Å²) >= 11 is 0. The van der Waals surface area contributed by atoms with E-state index in [-0.39, 0.29) is 32.7 Å². The summed E-state index contributed by atoms with van der Waals surface area (Å²) in [6.45, 7) is 4.21. The molecule has 3 aromatic carbocycles. The Labute approximate surface area is 189 Å². The van der Waals surface area contributed by atoms with E-state index in [1.165, 1.54) is 0 Å². The molecule has 5 rings (SSSR count). The van der Waals surface area contributed by atoms with Crippen LogP contribution in [-0.4, -0.2) is 14.1 Å². The second-order valence-corrected chi connectivity index (χ2v) is 6.78. The standard InChI is InChI=1S/C23H19N4.Y/c1-16-15-19(18-9-5-4-6-10-18)13-14-21(16)27-23-24-20-11-7-8-12-22(20)26(23)17(2)25(27)3;/h4-9,11-14H,1-3H3;/q-1;. The maximum absolute atomic E-state index is 4.88. The van der Waals surface area contributed by atoms with Gasteiger partial charge >= 0.3 is 5.78 Å². The zero-order valence-corrected chi connectivity index (χ0v) is 19.0. The molecule has 0 aliphatic rings. The summed E-state index contributed by atoms with van der Waals surface area (Å²) in [5.74, 6) is 2.03. The van der Waals surface area contributed by atoms with Crippen LogP contribution in [0, 0.1) is 26.0 Å². The van der Waals surface area contributed by atoms with Gasteiger partial charge in [-0.1, -0.05) is 19.1 Å². The molecule has 5 heteroatoms. The van der Waals surface area contributed by atoms with Crippen LogP contribution in [-0.2, 0) is 39.8 Å². The number of aromatic nitrogens is 4. The summed E-state index contributed by atoms with van der Waals surface area (Å²) in [6, 6.07) is 27.3. The van der Waals surface area contributed by atoms with Gasteiger partial charge in [-0.15, -0.1) is 17.7 Å². The zero-order valence-electron chi connectivity index (χ0n) is 16.1. The molecular formula is C23H19N4Y-. The van der Waals surface area contributed by atoms with Gasteiger partial charge in [-0.3, -0.25) is 0 Å². The summed E-state index contributed by atoms with van der Waals surface area (Å²) in [5, 5.41) is 0. The van der Waals surface area contributed by atoms with Gasteiger partial charge in [0.05, 0.1) is 0 Å². The molecule has 2 heterocycles. The van der Waals surface area contributed by atoms with Crippen LogP contribution in [0.3, 0.4) is 0 Å². The van der Waals surface area contributed by atoms with E-state index in [1.807, 2.05) is 24.3 Å². The van der Waals surface area contributed by atoms with E-state index >= 15 is 0 Å². The minimum absolute atomic E-state index is 0. The molecule has 0 N–H and O–H groups in total. The largest absolute Gasteiger partial charge is 0.335 e. The van der Waals surface area contributed by atoms with Gasteiger partial charge in [0.2, 0.25) is 0 Å². The zero-order chi connectivity index (χ0) is 18.5. The Balaban J connectivity index is 0.00000192. The van der Waals surface area contributed by atoms with E-state index in [0.717, 1.165) is 45.0 Å². The maximum atomic E-state index is 4.88. The topological polar surface area (TPSA) is 26.1 Å². The molecule has 5 aromatic rings. The third-order valence-corrected chi connectivity index (χ3v) is 5.17. The number of hydrogen-bond donors (Lipinski definition) is 0.